The van der Waals surface area contributed by atoms with Crippen molar-refractivity contribution in [3.63, 3.8) is 0 Å². The number of amides is 1. The van der Waals surface area contributed by atoms with Crippen molar-refractivity contribution in [2.45, 2.75) is 27.2 Å². The Morgan fingerprint density at radius 1 is 1.30 bits per heavy atom. The molecular weight excluding hydrogens is 272 g/mol. The molecule has 0 saturated heterocycles. The first kappa shape index (κ1) is 14.5. The molecule has 2 N–H and O–H groups in total. The van der Waals surface area contributed by atoms with Crippen LogP contribution in [0.4, 0.5) is 0 Å². The monoisotopic (exact) mass is 290 g/mol. The van der Waals surface area contributed by atoms with E-state index in [0.29, 0.717) is 12.1 Å². The van der Waals surface area contributed by atoms with Crippen LogP contribution in [0.5, 0.6) is 0 Å². The van der Waals surface area contributed by atoms with Crippen molar-refractivity contribution in [1.82, 2.24) is 10.3 Å². The quantitative estimate of drug-likeness (QED) is 0.908. The third-order valence-electron chi connectivity index (χ3n) is 3.05. The van der Waals surface area contributed by atoms with Gasteiger partial charge in [-0.15, -0.1) is 11.3 Å². The maximum absolute atomic E-state index is 12.1. The summed E-state index contributed by atoms with van der Waals surface area (Å²) in [4.78, 5) is 29.0. The smallest absolute Gasteiger partial charge is 0.261 e. The van der Waals surface area contributed by atoms with Crippen LogP contribution in [0, 0.1) is 20.8 Å². The Balaban J connectivity index is 2.00. The first-order chi connectivity index (χ1) is 9.47. The van der Waals surface area contributed by atoms with Gasteiger partial charge in [0.25, 0.3) is 11.5 Å². The summed E-state index contributed by atoms with van der Waals surface area (Å²) >= 11 is 1.72. The second-order valence-electron chi connectivity index (χ2n) is 4.86. The van der Waals surface area contributed by atoms with Crippen molar-refractivity contribution < 1.29 is 4.79 Å². The van der Waals surface area contributed by atoms with Crippen LogP contribution in [0.2, 0.25) is 0 Å². The van der Waals surface area contributed by atoms with E-state index in [2.05, 4.69) is 29.4 Å². The van der Waals surface area contributed by atoms with Crippen LogP contribution in [-0.2, 0) is 6.42 Å². The second-order valence-corrected chi connectivity index (χ2v) is 6.23. The molecule has 0 aromatic carbocycles. The predicted molar refractivity (Wildman–Crippen MR) is 81.6 cm³/mol. The number of H-pyrrole nitrogens is 1. The van der Waals surface area contributed by atoms with Gasteiger partial charge in [-0.25, -0.2) is 0 Å². The Morgan fingerprint density at radius 2 is 2.05 bits per heavy atom. The molecule has 20 heavy (non-hydrogen) atoms. The number of nitrogens with one attached hydrogen (secondary N) is 2. The molecule has 2 rings (SSSR count). The summed E-state index contributed by atoms with van der Waals surface area (Å²) in [6.07, 6.45) is 0.785. The molecule has 0 aliphatic rings. The van der Waals surface area contributed by atoms with Gasteiger partial charge in [0.2, 0.25) is 0 Å². The third-order valence-corrected chi connectivity index (χ3v) is 4.11. The Morgan fingerprint density at radius 3 is 2.65 bits per heavy atom. The van der Waals surface area contributed by atoms with Crippen LogP contribution >= 0.6 is 11.3 Å². The summed E-state index contributed by atoms with van der Waals surface area (Å²) in [7, 11) is 0. The molecule has 0 saturated carbocycles. The first-order valence-electron chi connectivity index (χ1n) is 6.51. The standard InChI is InChI=1S/C15H18N2O2S/c1-9-8-10(2)17-15(19)13(9)14(18)16-7-6-12-5-4-11(3)20-12/h4-5,8H,6-7H2,1-3H3,(H,16,18)(H,17,19). The maximum atomic E-state index is 12.1. The van der Waals surface area contributed by atoms with E-state index in [1.54, 1.807) is 31.3 Å². The molecule has 0 atom stereocenters. The highest BCUT2D eigenvalue weighted by molar-refractivity contribution is 7.11. The van der Waals surface area contributed by atoms with Crippen LogP contribution in [0.25, 0.3) is 0 Å². The van der Waals surface area contributed by atoms with Gasteiger partial charge in [-0.3, -0.25) is 9.59 Å². The predicted octanol–water partition coefficient (Wildman–Crippen LogP) is 2.33. The molecule has 4 nitrogen and oxygen atoms in total. The highest BCUT2D eigenvalue weighted by Crippen LogP contribution is 2.15. The van der Waals surface area contributed by atoms with Crippen LogP contribution in [0.3, 0.4) is 0 Å². The number of pyridine rings is 1. The average Bonchev–Trinajstić information content (AvgIpc) is 2.73. The van der Waals surface area contributed by atoms with Gasteiger partial charge >= 0.3 is 0 Å². The maximum Gasteiger partial charge on any atom is 0.261 e. The molecule has 0 aliphatic heterocycles. The van der Waals surface area contributed by atoms with Crippen molar-refractivity contribution in [3.8, 4) is 0 Å². The van der Waals surface area contributed by atoms with Crippen LogP contribution in [0.1, 0.15) is 31.4 Å². The summed E-state index contributed by atoms with van der Waals surface area (Å²) in [5.41, 5.74) is 1.35. The van der Waals surface area contributed by atoms with Gasteiger partial charge in [-0.1, -0.05) is 0 Å². The summed E-state index contributed by atoms with van der Waals surface area (Å²) in [6, 6.07) is 5.94. The van der Waals surface area contributed by atoms with E-state index in [9.17, 15) is 9.59 Å². The zero-order chi connectivity index (χ0) is 14.7. The van der Waals surface area contributed by atoms with Gasteiger partial charge in [-0.2, -0.15) is 0 Å². The minimum absolute atomic E-state index is 0.206. The molecule has 0 bridgehead atoms. The van der Waals surface area contributed by atoms with Gasteiger partial charge in [0, 0.05) is 22.0 Å². The molecule has 2 heterocycles. The summed E-state index contributed by atoms with van der Waals surface area (Å²) in [5, 5.41) is 2.81. The lowest BCUT2D eigenvalue weighted by Crippen LogP contribution is -2.32. The van der Waals surface area contributed by atoms with Gasteiger partial charge in [0.1, 0.15) is 5.56 Å². The van der Waals surface area contributed by atoms with E-state index in [1.165, 1.54) is 9.75 Å². The fourth-order valence-corrected chi connectivity index (χ4v) is 3.03. The molecular formula is C15H18N2O2S. The van der Waals surface area contributed by atoms with Crippen molar-refractivity contribution in [1.29, 1.82) is 0 Å². The number of carbonyl (C=O) groups excluding carboxylic acids is 1. The molecule has 0 fully saturated rings. The number of aryl methyl sites for hydroxylation is 3. The number of hydrogen-bond acceptors (Lipinski definition) is 3. The largest absolute Gasteiger partial charge is 0.351 e. The highest BCUT2D eigenvalue weighted by Gasteiger charge is 2.13. The lowest BCUT2D eigenvalue weighted by atomic mass is 10.1. The third kappa shape index (κ3) is 3.36. The Kier molecular flexibility index (Phi) is 4.39. The minimum atomic E-state index is -0.327. The molecule has 2 aromatic heterocycles. The van der Waals surface area contributed by atoms with E-state index < -0.39 is 0 Å². The number of thiophene rings is 1. The second kappa shape index (κ2) is 6.05. The zero-order valence-electron chi connectivity index (χ0n) is 11.9. The molecule has 0 spiro atoms. The number of hydrogen-bond donors (Lipinski definition) is 2. The van der Waals surface area contributed by atoms with E-state index in [-0.39, 0.29) is 17.0 Å². The van der Waals surface area contributed by atoms with Crippen molar-refractivity contribution in [3.05, 3.63) is 55.1 Å². The Hall–Kier alpha value is -1.88. The van der Waals surface area contributed by atoms with Crippen molar-refractivity contribution in [2.75, 3.05) is 6.54 Å². The van der Waals surface area contributed by atoms with Crippen LogP contribution in [0.15, 0.2) is 23.0 Å². The summed E-state index contributed by atoms with van der Waals surface area (Å²) < 4.78 is 0. The fraction of sp³-hybridized carbons (Fsp3) is 0.333. The van der Waals surface area contributed by atoms with E-state index in [0.717, 1.165) is 12.1 Å². The van der Waals surface area contributed by atoms with Gasteiger partial charge in [0.15, 0.2) is 0 Å². The van der Waals surface area contributed by atoms with Crippen LogP contribution in [-0.4, -0.2) is 17.4 Å². The van der Waals surface area contributed by atoms with Crippen molar-refractivity contribution >= 4 is 17.2 Å². The normalized spacial score (nSPS) is 10.6. The number of aromatic amines is 1. The molecule has 1 amide bonds. The first-order valence-corrected chi connectivity index (χ1v) is 7.33. The molecule has 2 aromatic rings. The Labute approximate surface area is 121 Å². The zero-order valence-corrected chi connectivity index (χ0v) is 12.7. The molecule has 0 aliphatic carbocycles. The topological polar surface area (TPSA) is 62.0 Å². The minimum Gasteiger partial charge on any atom is -0.351 e. The molecule has 0 radical (unpaired) electrons. The van der Waals surface area contributed by atoms with Crippen LogP contribution < -0.4 is 10.9 Å². The van der Waals surface area contributed by atoms with E-state index in [4.69, 9.17) is 0 Å². The molecule has 106 valence electrons. The molecule has 0 unspecified atom stereocenters. The Bertz CT molecular complexity index is 685. The lowest BCUT2D eigenvalue weighted by Gasteiger charge is -2.07. The molecule has 5 heteroatoms. The van der Waals surface area contributed by atoms with Gasteiger partial charge in [-0.05, 0) is 51.0 Å². The summed E-state index contributed by atoms with van der Waals surface area (Å²) in [5.74, 6) is -0.308. The summed E-state index contributed by atoms with van der Waals surface area (Å²) in [6.45, 7) is 6.17. The van der Waals surface area contributed by atoms with E-state index >= 15 is 0 Å². The van der Waals surface area contributed by atoms with Gasteiger partial charge < -0.3 is 10.3 Å². The van der Waals surface area contributed by atoms with Crippen molar-refractivity contribution in [2.24, 2.45) is 0 Å². The number of carbonyl (C=O) groups is 1. The number of rotatable bonds is 4. The van der Waals surface area contributed by atoms with Gasteiger partial charge in [0.05, 0.1) is 0 Å². The lowest BCUT2D eigenvalue weighted by molar-refractivity contribution is 0.0952. The highest BCUT2D eigenvalue weighted by atomic mass is 32.1. The fourth-order valence-electron chi connectivity index (χ4n) is 2.14. The SMILES string of the molecule is Cc1cc(C)c(C(=O)NCCc2ccc(C)s2)c(=O)[nH]1. The number of aromatic nitrogens is 1. The van der Waals surface area contributed by atoms with E-state index in [1.807, 2.05) is 0 Å². The average molecular weight is 290 g/mol.